The van der Waals surface area contributed by atoms with Gasteiger partial charge in [-0.15, -0.1) is 0 Å². The Labute approximate surface area is 89.7 Å². The van der Waals surface area contributed by atoms with Crippen molar-refractivity contribution in [2.75, 3.05) is 0 Å². The Bertz CT molecular complexity index is 309. The molecule has 0 radical (unpaired) electrons. The molecule has 0 N–H and O–H groups in total. The van der Waals surface area contributed by atoms with E-state index in [0.29, 0.717) is 18.0 Å². The third kappa shape index (κ3) is 4.54. The topological polar surface area (TPSA) is 52.1 Å². The Morgan fingerprint density at radius 3 is 2.60 bits per heavy atom. The molecule has 0 atom stereocenters. The van der Waals surface area contributed by atoms with Crippen molar-refractivity contribution in [1.82, 2.24) is 9.97 Å². The van der Waals surface area contributed by atoms with Gasteiger partial charge in [0, 0.05) is 6.42 Å². The van der Waals surface area contributed by atoms with Crippen LogP contribution in [0, 0.1) is 6.92 Å². The first-order valence-corrected chi connectivity index (χ1v) is 5.21. The molecule has 0 spiro atoms. The number of ether oxygens (including phenoxy) is 1. The van der Waals surface area contributed by atoms with Gasteiger partial charge in [-0.05, 0) is 13.3 Å². The first-order chi connectivity index (χ1) is 7.22. The van der Waals surface area contributed by atoms with E-state index < -0.39 is 0 Å². The first kappa shape index (κ1) is 11.6. The molecule has 4 nitrogen and oxygen atoms in total. The zero-order valence-electron chi connectivity index (χ0n) is 9.19. The summed E-state index contributed by atoms with van der Waals surface area (Å²) in [4.78, 5) is 19.2. The summed E-state index contributed by atoms with van der Waals surface area (Å²) in [5.41, 5.74) is 0. The van der Waals surface area contributed by atoms with Crippen molar-refractivity contribution < 1.29 is 9.53 Å². The van der Waals surface area contributed by atoms with Crippen LogP contribution in [-0.2, 0) is 4.79 Å². The highest BCUT2D eigenvalue weighted by atomic mass is 16.5. The van der Waals surface area contributed by atoms with E-state index >= 15 is 0 Å². The fraction of sp³-hybridized carbons (Fsp3) is 0.545. The standard InChI is InChI=1S/C11H16N2O2/c1-3-4-5-6-11(14)15-10-7-12-9(2)13-8-10/h7-8H,3-6H2,1-2H3. The van der Waals surface area contributed by atoms with Crippen LogP contribution in [0.4, 0.5) is 0 Å². The summed E-state index contributed by atoms with van der Waals surface area (Å²) < 4.78 is 5.05. The molecule has 0 aliphatic heterocycles. The molecule has 0 saturated heterocycles. The summed E-state index contributed by atoms with van der Waals surface area (Å²) in [7, 11) is 0. The maximum absolute atomic E-state index is 11.3. The lowest BCUT2D eigenvalue weighted by molar-refractivity contribution is -0.134. The van der Waals surface area contributed by atoms with Gasteiger partial charge >= 0.3 is 5.97 Å². The second-order valence-electron chi connectivity index (χ2n) is 3.40. The molecule has 0 bridgehead atoms. The molecule has 1 aromatic rings. The van der Waals surface area contributed by atoms with E-state index in [0.717, 1.165) is 19.3 Å². The van der Waals surface area contributed by atoms with E-state index in [1.807, 2.05) is 0 Å². The predicted molar refractivity (Wildman–Crippen MR) is 56.5 cm³/mol. The molecular formula is C11H16N2O2. The van der Waals surface area contributed by atoms with Crippen LogP contribution in [0.3, 0.4) is 0 Å². The minimum atomic E-state index is -0.212. The molecule has 0 unspecified atom stereocenters. The molecular weight excluding hydrogens is 192 g/mol. The van der Waals surface area contributed by atoms with Gasteiger partial charge in [0.05, 0.1) is 12.4 Å². The van der Waals surface area contributed by atoms with Crippen LogP contribution in [0.5, 0.6) is 5.75 Å². The van der Waals surface area contributed by atoms with Gasteiger partial charge in [-0.25, -0.2) is 9.97 Å². The van der Waals surface area contributed by atoms with Gasteiger partial charge in [-0.1, -0.05) is 19.8 Å². The average Bonchev–Trinajstić information content (AvgIpc) is 2.22. The molecule has 82 valence electrons. The summed E-state index contributed by atoms with van der Waals surface area (Å²) >= 11 is 0. The summed E-state index contributed by atoms with van der Waals surface area (Å²) in [6.45, 7) is 3.88. The Balaban J connectivity index is 2.34. The number of esters is 1. The molecule has 0 fully saturated rings. The van der Waals surface area contributed by atoms with Gasteiger partial charge in [-0.3, -0.25) is 4.79 Å². The summed E-state index contributed by atoms with van der Waals surface area (Å²) in [6, 6.07) is 0. The second-order valence-corrected chi connectivity index (χ2v) is 3.40. The van der Waals surface area contributed by atoms with Crippen LogP contribution >= 0.6 is 0 Å². The van der Waals surface area contributed by atoms with Gasteiger partial charge in [0.15, 0.2) is 5.75 Å². The maximum Gasteiger partial charge on any atom is 0.311 e. The summed E-state index contributed by atoms with van der Waals surface area (Å²) in [5.74, 6) is 0.874. The van der Waals surface area contributed by atoms with Gasteiger partial charge in [0.25, 0.3) is 0 Å². The van der Waals surface area contributed by atoms with E-state index in [4.69, 9.17) is 4.74 Å². The SMILES string of the molecule is CCCCCC(=O)Oc1cnc(C)nc1. The quantitative estimate of drug-likeness (QED) is 0.550. The Kier molecular flexibility index (Phi) is 4.74. The van der Waals surface area contributed by atoms with Crippen molar-refractivity contribution in [1.29, 1.82) is 0 Å². The normalized spacial score (nSPS) is 10.0. The summed E-state index contributed by atoms with van der Waals surface area (Å²) in [6.07, 6.45) is 6.52. The molecule has 0 saturated carbocycles. The molecule has 0 aliphatic carbocycles. The Morgan fingerprint density at radius 2 is 2.00 bits per heavy atom. The average molecular weight is 208 g/mol. The maximum atomic E-state index is 11.3. The Morgan fingerprint density at radius 1 is 1.33 bits per heavy atom. The number of aromatic nitrogens is 2. The van der Waals surface area contributed by atoms with Gasteiger partial charge < -0.3 is 4.74 Å². The lowest BCUT2D eigenvalue weighted by atomic mass is 10.2. The molecule has 1 aromatic heterocycles. The number of aryl methyl sites for hydroxylation is 1. The molecule has 1 heterocycles. The van der Waals surface area contributed by atoms with Crippen LogP contribution in [0.1, 0.15) is 38.4 Å². The second kappa shape index (κ2) is 6.11. The van der Waals surface area contributed by atoms with Gasteiger partial charge in [0.1, 0.15) is 5.82 Å². The third-order valence-corrected chi connectivity index (χ3v) is 1.97. The highest BCUT2D eigenvalue weighted by Crippen LogP contribution is 2.08. The lowest BCUT2D eigenvalue weighted by Crippen LogP contribution is -2.08. The molecule has 1 rings (SSSR count). The largest absolute Gasteiger partial charge is 0.423 e. The molecule has 15 heavy (non-hydrogen) atoms. The number of hydrogen-bond acceptors (Lipinski definition) is 4. The number of carbonyl (C=O) groups excluding carboxylic acids is 1. The van der Waals surface area contributed by atoms with E-state index in [9.17, 15) is 4.79 Å². The molecule has 0 amide bonds. The van der Waals surface area contributed by atoms with Gasteiger partial charge in [0.2, 0.25) is 0 Å². The monoisotopic (exact) mass is 208 g/mol. The fourth-order valence-corrected chi connectivity index (χ4v) is 1.14. The smallest absolute Gasteiger partial charge is 0.311 e. The highest BCUT2D eigenvalue weighted by molar-refractivity contribution is 5.72. The van der Waals surface area contributed by atoms with Crippen molar-refractivity contribution in [2.24, 2.45) is 0 Å². The summed E-state index contributed by atoms with van der Waals surface area (Å²) in [5, 5.41) is 0. The van der Waals surface area contributed by atoms with E-state index in [1.165, 1.54) is 12.4 Å². The highest BCUT2D eigenvalue weighted by Gasteiger charge is 2.04. The number of nitrogens with zero attached hydrogens (tertiary/aromatic N) is 2. The van der Waals surface area contributed by atoms with Crippen LogP contribution in [0.2, 0.25) is 0 Å². The van der Waals surface area contributed by atoms with Crippen LogP contribution in [0.15, 0.2) is 12.4 Å². The van der Waals surface area contributed by atoms with E-state index in [1.54, 1.807) is 6.92 Å². The van der Waals surface area contributed by atoms with Crippen molar-refractivity contribution in [3.05, 3.63) is 18.2 Å². The van der Waals surface area contributed by atoms with Crippen LogP contribution < -0.4 is 4.74 Å². The number of carbonyl (C=O) groups is 1. The van der Waals surface area contributed by atoms with Gasteiger partial charge in [-0.2, -0.15) is 0 Å². The fourth-order valence-electron chi connectivity index (χ4n) is 1.14. The first-order valence-electron chi connectivity index (χ1n) is 5.21. The third-order valence-electron chi connectivity index (χ3n) is 1.97. The minimum Gasteiger partial charge on any atom is -0.423 e. The zero-order chi connectivity index (χ0) is 11.1. The van der Waals surface area contributed by atoms with Crippen molar-refractivity contribution in [3.63, 3.8) is 0 Å². The van der Waals surface area contributed by atoms with Crippen LogP contribution in [0.25, 0.3) is 0 Å². The predicted octanol–water partition coefficient (Wildman–Crippen LogP) is 2.27. The molecule has 4 heteroatoms. The van der Waals surface area contributed by atoms with E-state index in [-0.39, 0.29) is 5.97 Å². The lowest BCUT2D eigenvalue weighted by Gasteiger charge is -2.02. The Hall–Kier alpha value is -1.45. The van der Waals surface area contributed by atoms with Crippen LogP contribution in [-0.4, -0.2) is 15.9 Å². The number of rotatable bonds is 5. The van der Waals surface area contributed by atoms with Crippen molar-refractivity contribution in [2.45, 2.75) is 39.5 Å². The van der Waals surface area contributed by atoms with Crippen molar-refractivity contribution >= 4 is 5.97 Å². The number of unbranched alkanes of at least 4 members (excludes halogenated alkanes) is 2. The number of hydrogen-bond donors (Lipinski definition) is 0. The molecule has 0 aliphatic rings. The van der Waals surface area contributed by atoms with Crippen molar-refractivity contribution in [3.8, 4) is 5.75 Å². The molecule has 0 aromatic carbocycles. The van der Waals surface area contributed by atoms with E-state index in [2.05, 4.69) is 16.9 Å². The minimum absolute atomic E-state index is 0.212. The zero-order valence-corrected chi connectivity index (χ0v) is 9.19.